The Morgan fingerprint density at radius 1 is 1.19 bits per heavy atom. The molecule has 0 bridgehead atoms. The molecule has 2 aliphatic carbocycles. The molecule has 0 radical (unpaired) electrons. The lowest BCUT2D eigenvalue weighted by atomic mass is 9.80. The zero-order valence-electron chi connectivity index (χ0n) is 10.9. The van der Waals surface area contributed by atoms with E-state index in [-0.39, 0.29) is 0 Å². The summed E-state index contributed by atoms with van der Waals surface area (Å²) < 4.78 is 5.67. The Bertz CT molecular complexity index is 207. The number of hydrogen-bond donors (Lipinski definition) is 1. The summed E-state index contributed by atoms with van der Waals surface area (Å²) >= 11 is 0. The lowest BCUT2D eigenvalue weighted by molar-refractivity contribution is 0.0895. The highest BCUT2D eigenvalue weighted by Gasteiger charge is 2.52. The van der Waals surface area contributed by atoms with E-state index in [1.54, 1.807) is 0 Å². The first-order valence-corrected chi connectivity index (χ1v) is 7.08. The average molecular weight is 225 g/mol. The fourth-order valence-electron chi connectivity index (χ4n) is 3.37. The SMILES string of the molecule is CCCOCCC1(CNCC)CC2CC2C1. The molecule has 2 atom stereocenters. The maximum atomic E-state index is 5.67. The second-order valence-electron chi connectivity index (χ2n) is 5.81. The predicted molar refractivity (Wildman–Crippen MR) is 67.5 cm³/mol. The molecular weight excluding hydrogens is 198 g/mol. The Kier molecular flexibility index (Phi) is 4.26. The van der Waals surface area contributed by atoms with Crippen LogP contribution in [0.3, 0.4) is 0 Å². The molecular formula is C14H27NO. The van der Waals surface area contributed by atoms with E-state index in [1.807, 2.05) is 0 Å². The topological polar surface area (TPSA) is 21.3 Å². The molecule has 0 aliphatic heterocycles. The molecule has 0 aromatic rings. The smallest absolute Gasteiger partial charge is 0.0471 e. The van der Waals surface area contributed by atoms with Crippen LogP contribution >= 0.6 is 0 Å². The van der Waals surface area contributed by atoms with Gasteiger partial charge in [-0.05, 0) is 55.9 Å². The Labute approximate surface area is 100 Å². The van der Waals surface area contributed by atoms with E-state index in [9.17, 15) is 0 Å². The first kappa shape index (κ1) is 12.4. The largest absolute Gasteiger partial charge is 0.381 e. The summed E-state index contributed by atoms with van der Waals surface area (Å²) in [6.45, 7) is 8.61. The number of rotatable bonds is 8. The van der Waals surface area contributed by atoms with Crippen molar-refractivity contribution in [1.82, 2.24) is 5.32 Å². The predicted octanol–water partition coefficient (Wildman–Crippen LogP) is 2.83. The minimum atomic E-state index is 0.581. The van der Waals surface area contributed by atoms with Crippen LogP contribution in [-0.2, 0) is 4.74 Å². The molecule has 2 saturated carbocycles. The number of hydrogen-bond acceptors (Lipinski definition) is 2. The minimum absolute atomic E-state index is 0.581. The Hall–Kier alpha value is -0.0800. The van der Waals surface area contributed by atoms with E-state index in [1.165, 1.54) is 32.2 Å². The quantitative estimate of drug-likeness (QED) is 0.641. The van der Waals surface area contributed by atoms with Crippen molar-refractivity contribution in [3.8, 4) is 0 Å². The molecule has 2 aliphatic rings. The third kappa shape index (κ3) is 2.98. The number of fused-ring (bicyclic) bond motifs is 1. The van der Waals surface area contributed by atoms with E-state index in [0.717, 1.165) is 38.0 Å². The van der Waals surface area contributed by atoms with Crippen molar-refractivity contribution in [2.75, 3.05) is 26.3 Å². The van der Waals surface area contributed by atoms with Crippen LogP contribution in [0.5, 0.6) is 0 Å². The van der Waals surface area contributed by atoms with Gasteiger partial charge in [-0.2, -0.15) is 0 Å². The van der Waals surface area contributed by atoms with Gasteiger partial charge in [0.1, 0.15) is 0 Å². The van der Waals surface area contributed by atoms with Gasteiger partial charge in [0.05, 0.1) is 0 Å². The van der Waals surface area contributed by atoms with Crippen molar-refractivity contribution in [1.29, 1.82) is 0 Å². The summed E-state index contributed by atoms with van der Waals surface area (Å²) in [7, 11) is 0. The van der Waals surface area contributed by atoms with Crippen molar-refractivity contribution in [3.63, 3.8) is 0 Å². The Morgan fingerprint density at radius 2 is 1.94 bits per heavy atom. The highest BCUT2D eigenvalue weighted by Crippen LogP contribution is 2.60. The highest BCUT2D eigenvalue weighted by molar-refractivity contribution is 5.03. The monoisotopic (exact) mass is 225 g/mol. The number of nitrogens with one attached hydrogen (secondary N) is 1. The van der Waals surface area contributed by atoms with Crippen LogP contribution in [0, 0.1) is 17.3 Å². The van der Waals surface area contributed by atoms with Gasteiger partial charge in [0.15, 0.2) is 0 Å². The van der Waals surface area contributed by atoms with E-state index in [4.69, 9.17) is 4.74 Å². The summed E-state index contributed by atoms with van der Waals surface area (Å²) in [6, 6.07) is 0. The zero-order chi connectivity index (χ0) is 11.4. The summed E-state index contributed by atoms with van der Waals surface area (Å²) in [6.07, 6.45) is 6.85. The molecule has 2 nitrogen and oxygen atoms in total. The van der Waals surface area contributed by atoms with Gasteiger partial charge in [-0.1, -0.05) is 13.8 Å². The summed E-state index contributed by atoms with van der Waals surface area (Å²) in [4.78, 5) is 0. The molecule has 0 amide bonds. The van der Waals surface area contributed by atoms with Crippen LogP contribution in [0.2, 0.25) is 0 Å². The van der Waals surface area contributed by atoms with Crippen LogP contribution < -0.4 is 5.32 Å². The van der Waals surface area contributed by atoms with Crippen molar-refractivity contribution in [2.45, 2.75) is 46.0 Å². The van der Waals surface area contributed by atoms with Crippen LogP contribution in [-0.4, -0.2) is 26.3 Å². The van der Waals surface area contributed by atoms with Gasteiger partial charge in [0, 0.05) is 19.8 Å². The average Bonchev–Trinajstić information content (AvgIpc) is 2.91. The van der Waals surface area contributed by atoms with Crippen molar-refractivity contribution in [2.24, 2.45) is 17.3 Å². The lowest BCUT2D eigenvalue weighted by Crippen LogP contribution is -2.34. The molecule has 1 N–H and O–H groups in total. The molecule has 2 rings (SSSR count). The summed E-state index contributed by atoms with van der Waals surface area (Å²) in [5.74, 6) is 2.15. The van der Waals surface area contributed by atoms with Gasteiger partial charge < -0.3 is 10.1 Å². The van der Waals surface area contributed by atoms with E-state index < -0.39 is 0 Å². The van der Waals surface area contributed by atoms with E-state index in [2.05, 4.69) is 19.2 Å². The molecule has 16 heavy (non-hydrogen) atoms. The molecule has 2 heteroatoms. The molecule has 94 valence electrons. The second kappa shape index (κ2) is 5.50. The summed E-state index contributed by atoms with van der Waals surface area (Å²) in [5.41, 5.74) is 0.581. The van der Waals surface area contributed by atoms with Gasteiger partial charge >= 0.3 is 0 Å². The van der Waals surface area contributed by atoms with E-state index >= 15 is 0 Å². The molecule has 0 heterocycles. The third-order valence-electron chi connectivity index (χ3n) is 4.33. The molecule has 2 unspecified atom stereocenters. The van der Waals surface area contributed by atoms with Gasteiger partial charge in [-0.3, -0.25) is 0 Å². The van der Waals surface area contributed by atoms with Crippen molar-refractivity contribution in [3.05, 3.63) is 0 Å². The number of ether oxygens (including phenoxy) is 1. The first-order chi connectivity index (χ1) is 7.79. The third-order valence-corrected chi connectivity index (χ3v) is 4.33. The molecule has 0 aromatic heterocycles. The summed E-state index contributed by atoms with van der Waals surface area (Å²) in [5, 5.41) is 3.56. The highest BCUT2D eigenvalue weighted by atomic mass is 16.5. The normalized spacial score (nSPS) is 36.4. The minimum Gasteiger partial charge on any atom is -0.381 e. The standard InChI is InChI=1S/C14H27NO/c1-3-6-16-7-5-14(11-15-4-2)9-12-8-13(12)10-14/h12-13,15H,3-11H2,1-2H3. The molecule has 2 fully saturated rings. The Morgan fingerprint density at radius 3 is 2.56 bits per heavy atom. The van der Waals surface area contributed by atoms with Crippen LogP contribution in [0.25, 0.3) is 0 Å². The van der Waals surface area contributed by atoms with Gasteiger partial charge in [-0.25, -0.2) is 0 Å². The fourth-order valence-corrected chi connectivity index (χ4v) is 3.37. The van der Waals surface area contributed by atoms with Crippen LogP contribution in [0.1, 0.15) is 46.0 Å². The fraction of sp³-hybridized carbons (Fsp3) is 1.00. The molecule has 0 saturated heterocycles. The maximum Gasteiger partial charge on any atom is 0.0471 e. The lowest BCUT2D eigenvalue weighted by Gasteiger charge is -2.31. The van der Waals surface area contributed by atoms with Crippen molar-refractivity contribution >= 4 is 0 Å². The Balaban J connectivity index is 1.74. The van der Waals surface area contributed by atoms with Crippen molar-refractivity contribution < 1.29 is 4.74 Å². The first-order valence-electron chi connectivity index (χ1n) is 7.08. The van der Waals surface area contributed by atoms with E-state index in [0.29, 0.717) is 5.41 Å². The van der Waals surface area contributed by atoms with Gasteiger partial charge in [-0.15, -0.1) is 0 Å². The second-order valence-corrected chi connectivity index (χ2v) is 5.81. The van der Waals surface area contributed by atoms with Crippen LogP contribution in [0.4, 0.5) is 0 Å². The molecule has 0 aromatic carbocycles. The molecule has 0 spiro atoms. The zero-order valence-corrected chi connectivity index (χ0v) is 10.9. The van der Waals surface area contributed by atoms with Crippen LogP contribution in [0.15, 0.2) is 0 Å². The van der Waals surface area contributed by atoms with Gasteiger partial charge in [0.25, 0.3) is 0 Å². The maximum absolute atomic E-state index is 5.67. The van der Waals surface area contributed by atoms with Gasteiger partial charge in [0.2, 0.25) is 0 Å².